The molecule has 2 aromatic rings. The summed E-state index contributed by atoms with van der Waals surface area (Å²) in [6, 6.07) is 5.75. The number of nitrogens with zero attached hydrogens (tertiary/aromatic N) is 3. The molecule has 0 aromatic carbocycles. The first-order valence-corrected chi connectivity index (χ1v) is 6.34. The average Bonchev–Trinajstić information content (AvgIpc) is 2.90. The SMILES string of the molecule is COC(=O)C1CCc2c(cnn2-c2ccccn2)C1. The number of fused-ring (bicyclic) bond motifs is 1. The minimum absolute atomic E-state index is 0.0427. The van der Waals surface area contributed by atoms with Gasteiger partial charge in [0.05, 0.1) is 19.2 Å². The zero-order chi connectivity index (χ0) is 13.2. The highest BCUT2D eigenvalue weighted by Gasteiger charge is 2.28. The topological polar surface area (TPSA) is 57.0 Å². The van der Waals surface area contributed by atoms with Crippen molar-refractivity contribution in [2.75, 3.05) is 7.11 Å². The van der Waals surface area contributed by atoms with Gasteiger partial charge in [0.15, 0.2) is 5.82 Å². The number of rotatable bonds is 2. The summed E-state index contributed by atoms with van der Waals surface area (Å²) in [5.74, 6) is 0.649. The lowest BCUT2D eigenvalue weighted by atomic mass is 9.88. The van der Waals surface area contributed by atoms with E-state index in [2.05, 4.69) is 10.1 Å². The number of carbonyl (C=O) groups is 1. The third kappa shape index (κ3) is 2.12. The minimum Gasteiger partial charge on any atom is -0.469 e. The van der Waals surface area contributed by atoms with Gasteiger partial charge in [-0.3, -0.25) is 4.79 Å². The zero-order valence-electron chi connectivity index (χ0n) is 10.7. The van der Waals surface area contributed by atoms with Crippen molar-refractivity contribution in [1.82, 2.24) is 14.8 Å². The van der Waals surface area contributed by atoms with E-state index < -0.39 is 0 Å². The predicted octanol–water partition coefficient (Wildman–Crippen LogP) is 1.55. The second-order valence-corrected chi connectivity index (χ2v) is 4.68. The first kappa shape index (κ1) is 11.9. The van der Waals surface area contributed by atoms with Crippen LogP contribution in [0.25, 0.3) is 5.82 Å². The smallest absolute Gasteiger partial charge is 0.309 e. The van der Waals surface area contributed by atoms with E-state index >= 15 is 0 Å². The number of hydrogen-bond donors (Lipinski definition) is 0. The highest BCUT2D eigenvalue weighted by atomic mass is 16.5. The van der Waals surface area contributed by atoms with E-state index in [1.807, 2.05) is 29.1 Å². The Bertz CT molecular complexity index is 592. The van der Waals surface area contributed by atoms with E-state index in [-0.39, 0.29) is 11.9 Å². The molecular formula is C14H15N3O2. The summed E-state index contributed by atoms with van der Waals surface area (Å²) in [6.45, 7) is 0. The summed E-state index contributed by atoms with van der Waals surface area (Å²) in [4.78, 5) is 15.9. The van der Waals surface area contributed by atoms with Gasteiger partial charge in [0.2, 0.25) is 0 Å². The lowest BCUT2D eigenvalue weighted by molar-refractivity contribution is -0.145. The molecule has 0 saturated carbocycles. The quantitative estimate of drug-likeness (QED) is 0.766. The van der Waals surface area contributed by atoms with Gasteiger partial charge in [-0.15, -0.1) is 0 Å². The van der Waals surface area contributed by atoms with E-state index in [1.165, 1.54) is 7.11 Å². The Morgan fingerprint density at radius 3 is 3.11 bits per heavy atom. The molecule has 19 heavy (non-hydrogen) atoms. The molecule has 1 atom stereocenters. The number of pyridine rings is 1. The van der Waals surface area contributed by atoms with Crippen LogP contribution in [0.2, 0.25) is 0 Å². The Morgan fingerprint density at radius 2 is 2.37 bits per heavy atom. The van der Waals surface area contributed by atoms with Gasteiger partial charge < -0.3 is 4.74 Å². The number of carbonyl (C=O) groups excluding carboxylic acids is 1. The van der Waals surface area contributed by atoms with E-state index in [0.717, 1.165) is 29.9 Å². The van der Waals surface area contributed by atoms with Crippen LogP contribution in [0.3, 0.4) is 0 Å². The Balaban J connectivity index is 1.90. The summed E-state index contributed by atoms with van der Waals surface area (Å²) < 4.78 is 6.68. The molecule has 0 radical (unpaired) electrons. The normalized spacial score (nSPS) is 17.8. The van der Waals surface area contributed by atoms with Crippen molar-refractivity contribution in [3.8, 4) is 5.82 Å². The number of ether oxygens (including phenoxy) is 1. The van der Waals surface area contributed by atoms with Gasteiger partial charge in [0, 0.05) is 11.9 Å². The van der Waals surface area contributed by atoms with Crippen molar-refractivity contribution in [2.45, 2.75) is 19.3 Å². The van der Waals surface area contributed by atoms with Crippen LogP contribution in [0.15, 0.2) is 30.6 Å². The molecule has 3 rings (SSSR count). The first-order valence-electron chi connectivity index (χ1n) is 6.34. The maximum atomic E-state index is 11.6. The van der Waals surface area contributed by atoms with E-state index in [4.69, 9.17) is 4.74 Å². The fraction of sp³-hybridized carbons (Fsp3) is 0.357. The second kappa shape index (κ2) is 4.84. The van der Waals surface area contributed by atoms with Gasteiger partial charge in [-0.2, -0.15) is 5.10 Å². The summed E-state index contributed by atoms with van der Waals surface area (Å²) in [5, 5.41) is 4.39. The largest absolute Gasteiger partial charge is 0.469 e. The molecule has 5 heteroatoms. The van der Waals surface area contributed by atoms with Gasteiger partial charge >= 0.3 is 5.97 Å². The maximum Gasteiger partial charge on any atom is 0.309 e. The van der Waals surface area contributed by atoms with Crippen molar-refractivity contribution in [1.29, 1.82) is 0 Å². The molecule has 0 fully saturated rings. The van der Waals surface area contributed by atoms with Crippen molar-refractivity contribution in [2.24, 2.45) is 5.92 Å². The summed E-state index contributed by atoms with van der Waals surface area (Å²) in [5.41, 5.74) is 2.27. The molecule has 1 aliphatic carbocycles. The van der Waals surface area contributed by atoms with Gasteiger partial charge in [0.1, 0.15) is 0 Å². The molecule has 2 aromatic heterocycles. The molecule has 0 saturated heterocycles. The molecule has 0 spiro atoms. The standard InChI is InChI=1S/C14H15N3O2/c1-19-14(18)10-5-6-12-11(8-10)9-16-17(12)13-4-2-3-7-15-13/h2-4,7,9-10H,5-6,8H2,1H3. The Kier molecular flexibility index (Phi) is 3.03. The van der Waals surface area contributed by atoms with Crippen molar-refractivity contribution < 1.29 is 9.53 Å². The predicted molar refractivity (Wildman–Crippen MR) is 68.9 cm³/mol. The fourth-order valence-electron chi connectivity index (χ4n) is 2.57. The van der Waals surface area contributed by atoms with Crippen LogP contribution in [0.5, 0.6) is 0 Å². The molecule has 5 nitrogen and oxygen atoms in total. The highest BCUT2D eigenvalue weighted by Crippen LogP contribution is 2.27. The van der Waals surface area contributed by atoms with Crippen molar-refractivity contribution in [3.63, 3.8) is 0 Å². The zero-order valence-corrected chi connectivity index (χ0v) is 10.7. The van der Waals surface area contributed by atoms with Crippen molar-refractivity contribution >= 4 is 5.97 Å². The van der Waals surface area contributed by atoms with Gasteiger partial charge in [-0.1, -0.05) is 6.07 Å². The lowest BCUT2D eigenvalue weighted by Crippen LogP contribution is -2.24. The van der Waals surface area contributed by atoms with E-state index in [1.54, 1.807) is 6.20 Å². The lowest BCUT2D eigenvalue weighted by Gasteiger charge is -2.20. The van der Waals surface area contributed by atoms with Crippen LogP contribution >= 0.6 is 0 Å². The molecule has 0 amide bonds. The van der Waals surface area contributed by atoms with Gasteiger partial charge in [-0.25, -0.2) is 9.67 Å². The van der Waals surface area contributed by atoms with Crippen LogP contribution < -0.4 is 0 Å². The maximum absolute atomic E-state index is 11.6. The van der Waals surface area contributed by atoms with Gasteiger partial charge in [-0.05, 0) is 37.0 Å². The summed E-state index contributed by atoms with van der Waals surface area (Å²) in [6.07, 6.45) is 5.92. The van der Waals surface area contributed by atoms with Crippen LogP contribution in [-0.2, 0) is 22.4 Å². The number of hydrogen-bond acceptors (Lipinski definition) is 4. The molecule has 1 unspecified atom stereocenters. The number of aromatic nitrogens is 3. The first-order chi connectivity index (χ1) is 9.29. The Labute approximate surface area is 111 Å². The molecule has 2 heterocycles. The molecule has 98 valence electrons. The molecular weight excluding hydrogens is 242 g/mol. The number of esters is 1. The number of methoxy groups -OCH3 is 1. The van der Waals surface area contributed by atoms with Crippen molar-refractivity contribution in [3.05, 3.63) is 41.9 Å². The fourth-order valence-corrected chi connectivity index (χ4v) is 2.57. The van der Waals surface area contributed by atoms with Crippen LogP contribution in [0, 0.1) is 5.92 Å². The summed E-state index contributed by atoms with van der Waals surface area (Å²) >= 11 is 0. The van der Waals surface area contributed by atoms with E-state index in [0.29, 0.717) is 6.42 Å². The third-order valence-electron chi connectivity index (χ3n) is 3.55. The molecule has 0 bridgehead atoms. The molecule has 1 aliphatic rings. The monoisotopic (exact) mass is 257 g/mol. The molecule has 0 N–H and O–H groups in total. The van der Waals surface area contributed by atoms with E-state index in [9.17, 15) is 4.79 Å². The average molecular weight is 257 g/mol. The molecule has 0 aliphatic heterocycles. The van der Waals surface area contributed by atoms with Gasteiger partial charge in [0.25, 0.3) is 0 Å². The minimum atomic E-state index is -0.128. The third-order valence-corrected chi connectivity index (χ3v) is 3.55. The Morgan fingerprint density at radius 1 is 1.47 bits per heavy atom. The van der Waals surface area contributed by atoms with Crippen LogP contribution in [0.4, 0.5) is 0 Å². The second-order valence-electron chi connectivity index (χ2n) is 4.68. The van der Waals surface area contributed by atoms with Crippen LogP contribution in [-0.4, -0.2) is 27.8 Å². The summed E-state index contributed by atoms with van der Waals surface area (Å²) in [7, 11) is 1.44. The Hall–Kier alpha value is -2.17. The van der Waals surface area contributed by atoms with Crippen LogP contribution in [0.1, 0.15) is 17.7 Å². The highest BCUT2D eigenvalue weighted by molar-refractivity contribution is 5.73.